The van der Waals surface area contributed by atoms with Crippen molar-refractivity contribution in [2.75, 3.05) is 26.8 Å². The first-order valence-corrected chi connectivity index (χ1v) is 8.61. The van der Waals surface area contributed by atoms with Gasteiger partial charge in [0.25, 0.3) is 0 Å². The molecule has 4 nitrogen and oxygen atoms in total. The van der Waals surface area contributed by atoms with Crippen molar-refractivity contribution < 1.29 is 4.74 Å². The number of fused-ring (bicyclic) bond motifs is 1. The lowest BCUT2D eigenvalue weighted by atomic mass is 10.2. The number of imidazole rings is 1. The molecule has 0 N–H and O–H groups in total. The van der Waals surface area contributed by atoms with E-state index < -0.39 is 0 Å². The van der Waals surface area contributed by atoms with Gasteiger partial charge in [0.05, 0.1) is 24.2 Å². The van der Waals surface area contributed by atoms with Crippen molar-refractivity contribution in [3.63, 3.8) is 0 Å². The Kier molecular flexibility index (Phi) is 5.99. The van der Waals surface area contributed by atoms with E-state index in [0.717, 1.165) is 31.0 Å². The maximum atomic E-state index is 5.27. The second kappa shape index (κ2) is 8.60. The average Bonchev–Trinajstić information content (AvgIpc) is 2.96. The number of ether oxygens (including phenoxy) is 1. The van der Waals surface area contributed by atoms with E-state index in [1.807, 2.05) is 12.1 Å². The van der Waals surface area contributed by atoms with Gasteiger partial charge >= 0.3 is 0 Å². The van der Waals surface area contributed by atoms with Crippen LogP contribution in [0.15, 0.2) is 60.7 Å². The van der Waals surface area contributed by atoms with E-state index in [1.54, 1.807) is 7.11 Å². The molecule has 1 heterocycles. The molecule has 0 aliphatic heterocycles. The fourth-order valence-electron chi connectivity index (χ4n) is 2.89. The molecule has 3 aromatic rings. The molecule has 4 heteroatoms. The van der Waals surface area contributed by atoms with Gasteiger partial charge in [-0.3, -0.25) is 4.90 Å². The van der Waals surface area contributed by atoms with E-state index in [4.69, 9.17) is 9.72 Å². The van der Waals surface area contributed by atoms with E-state index in [9.17, 15) is 0 Å². The normalized spacial score (nSPS) is 11.8. The summed E-state index contributed by atoms with van der Waals surface area (Å²) in [5.41, 5.74) is 3.44. The van der Waals surface area contributed by atoms with Gasteiger partial charge in [0, 0.05) is 27.2 Å². The number of aromatic nitrogens is 2. The molecule has 0 amide bonds. The molecule has 0 spiro atoms. The van der Waals surface area contributed by atoms with Crippen molar-refractivity contribution in [1.29, 1.82) is 0 Å². The molecule has 1 aromatic heterocycles. The highest BCUT2D eigenvalue weighted by Crippen LogP contribution is 2.15. The predicted molar refractivity (Wildman–Crippen MR) is 103 cm³/mol. The molecule has 0 aliphatic rings. The zero-order valence-electron chi connectivity index (χ0n) is 14.9. The quantitative estimate of drug-likeness (QED) is 0.628. The molecule has 0 radical (unpaired) electrons. The first kappa shape index (κ1) is 17.4. The van der Waals surface area contributed by atoms with Crippen LogP contribution in [0.5, 0.6) is 0 Å². The molecule has 2 aromatic carbocycles. The zero-order chi connectivity index (χ0) is 17.5. The molecule has 130 valence electrons. The lowest BCUT2D eigenvalue weighted by molar-refractivity contribution is 0.149. The predicted octanol–water partition coefficient (Wildman–Crippen LogP) is 3.74. The Labute approximate surface area is 149 Å². The summed E-state index contributed by atoms with van der Waals surface area (Å²) in [6, 6.07) is 18.6. The summed E-state index contributed by atoms with van der Waals surface area (Å²) in [4.78, 5) is 7.13. The highest BCUT2D eigenvalue weighted by molar-refractivity contribution is 5.75. The van der Waals surface area contributed by atoms with Gasteiger partial charge in [0.1, 0.15) is 5.82 Å². The van der Waals surface area contributed by atoms with Gasteiger partial charge in [-0.15, -0.1) is 0 Å². The van der Waals surface area contributed by atoms with Crippen LogP contribution in [-0.4, -0.2) is 41.3 Å². The molecule has 0 bridgehead atoms. The third-order valence-corrected chi connectivity index (χ3v) is 4.33. The van der Waals surface area contributed by atoms with E-state index >= 15 is 0 Å². The van der Waals surface area contributed by atoms with Crippen LogP contribution in [0.3, 0.4) is 0 Å². The number of methoxy groups -OCH3 is 1. The maximum Gasteiger partial charge on any atom is 0.123 e. The SMILES string of the molecule is COCCN(C/C=C/c1ccccc1)Cc1nc2ccccc2n1C. The van der Waals surface area contributed by atoms with Gasteiger partial charge in [-0.05, 0) is 17.7 Å². The molecule has 0 atom stereocenters. The van der Waals surface area contributed by atoms with Crippen LogP contribution in [0.1, 0.15) is 11.4 Å². The summed E-state index contributed by atoms with van der Waals surface area (Å²) in [5.74, 6) is 1.07. The summed E-state index contributed by atoms with van der Waals surface area (Å²) in [6.07, 6.45) is 4.36. The number of nitrogens with zero attached hydrogens (tertiary/aromatic N) is 3. The van der Waals surface area contributed by atoms with Crippen LogP contribution < -0.4 is 0 Å². The van der Waals surface area contributed by atoms with Gasteiger partial charge in [0.15, 0.2) is 0 Å². The van der Waals surface area contributed by atoms with Gasteiger partial charge < -0.3 is 9.30 Å². The van der Waals surface area contributed by atoms with Crippen LogP contribution in [-0.2, 0) is 18.3 Å². The van der Waals surface area contributed by atoms with Gasteiger partial charge in [-0.25, -0.2) is 4.98 Å². The largest absolute Gasteiger partial charge is 0.383 e. The smallest absolute Gasteiger partial charge is 0.123 e. The number of benzene rings is 2. The lowest BCUT2D eigenvalue weighted by Crippen LogP contribution is -2.28. The summed E-state index contributed by atoms with van der Waals surface area (Å²) in [6.45, 7) is 3.25. The van der Waals surface area contributed by atoms with E-state index in [2.05, 4.69) is 71.1 Å². The third kappa shape index (κ3) is 4.56. The van der Waals surface area contributed by atoms with Crippen molar-refractivity contribution in [2.45, 2.75) is 6.54 Å². The summed E-state index contributed by atoms with van der Waals surface area (Å²) in [7, 11) is 3.83. The second-order valence-electron chi connectivity index (χ2n) is 6.12. The van der Waals surface area contributed by atoms with Crippen LogP contribution in [0, 0.1) is 0 Å². The first-order chi connectivity index (χ1) is 12.3. The zero-order valence-corrected chi connectivity index (χ0v) is 14.9. The Morgan fingerprint density at radius 1 is 1.08 bits per heavy atom. The standard InChI is InChI=1S/C21H25N3O/c1-23-20-13-7-6-12-19(20)22-21(23)17-24(15-16-25-2)14-8-11-18-9-4-3-5-10-18/h3-13H,14-17H2,1-2H3/b11-8+. The number of aryl methyl sites for hydroxylation is 1. The third-order valence-electron chi connectivity index (χ3n) is 4.33. The van der Waals surface area contributed by atoms with Crippen LogP contribution in [0.2, 0.25) is 0 Å². The minimum Gasteiger partial charge on any atom is -0.383 e. The van der Waals surface area contributed by atoms with E-state index in [0.29, 0.717) is 6.61 Å². The van der Waals surface area contributed by atoms with Crippen LogP contribution >= 0.6 is 0 Å². The molecule has 0 aliphatic carbocycles. The first-order valence-electron chi connectivity index (χ1n) is 8.61. The molecule has 0 fully saturated rings. The molecule has 0 unspecified atom stereocenters. The van der Waals surface area contributed by atoms with Crippen molar-refractivity contribution in [3.05, 3.63) is 72.1 Å². The molecule has 0 saturated heterocycles. The minimum atomic E-state index is 0.711. The number of hydrogen-bond donors (Lipinski definition) is 0. The Morgan fingerprint density at radius 2 is 1.84 bits per heavy atom. The number of rotatable bonds is 8. The van der Waals surface area contributed by atoms with E-state index in [-0.39, 0.29) is 0 Å². The summed E-state index contributed by atoms with van der Waals surface area (Å²) >= 11 is 0. The molecular formula is C21H25N3O. The molecular weight excluding hydrogens is 310 g/mol. The fraction of sp³-hybridized carbons (Fsp3) is 0.286. The molecule has 0 saturated carbocycles. The topological polar surface area (TPSA) is 30.3 Å². The molecule has 3 rings (SSSR count). The van der Waals surface area contributed by atoms with Crippen molar-refractivity contribution in [1.82, 2.24) is 14.5 Å². The minimum absolute atomic E-state index is 0.711. The Morgan fingerprint density at radius 3 is 2.60 bits per heavy atom. The Hall–Kier alpha value is -2.43. The second-order valence-corrected chi connectivity index (χ2v) is 6.12. The highest BCUT2D eigenvalue weighted by Gasteiger charge is 2.11. The lowest BCUT2D eigenvalue weighted by Gasteiger charge is -2.20. The van der Waals surface area contributed by atoms with Crippen LogP contribution in [0.4, 0.5) is 0 Å². The average molecular weight is 335 g/mol. The summed E-state index contributed by atoms with van der Waals surface area (Å²) in [5, 5.41) is 0. The van der Waals surface area contributed by atoms with E-state index in [1.165, 1.54) is 11.1 Å². The molecule has 25 heavy (non-hydrogen) atoms. The Bertz CT molecular complexity index is 824. The van der Waals surface area contributed by atoms with Gasteiger partial charge in [-0.2, -0.15) is 0 Å². The maximum absolute atomic E-state index is 5.27. The van der Waals surface area contributed by atoms with Gasteiger partial charge in [-0.1, -0.05) is 54.6 Å². The highest BCUT2D eigenvalue weighted by atomic mass is 16.5. The fourth-order valence-corrected chi connectivity index (χ4v) is 2.89. The summed E-state index contributed by atoms with van der Waals surface area (Å²) < 4.78 is 7.45. The van der Waals surface area contributed by atoms with Crippen molar-refractivity contribution in [3.8, 4) is 0 Å². The van der Waals surface area contributed by atoms with Crippen molar-refractivity contribution >= 4 is 17.1 Å². The number of hydrogen-bond acceptors (Lipinski definition) is 3. The van der Waals surface area contributed by atoms with Crippen LogP contribution in [0.25, 0.3) is 17.1 Å². The van der Waals surface area contributed by atoms with Crippen molar-refractivity contribution in [2.24, 2.45) is 7.05 Å². The number of para-hydroxylation sites is 2. The Balaban J connectivity index is 1.71. The monoisotopic (exact) mass is 335 g/mol. The van der Waals surface area contributed by atoms with Gasteiger partial charge in [0.2, 0.25) is 0 Å².